The van der Waals surface area contributed by atoms with Crippen LogP contribution < -0.4 is 0 Å². The van der Waals surface area contributed by atoms with Crippen LogP contribution in [0, 0.1) is 20.8 Å². The van der Waals surface area contributed by atoms with Crippen LogP contribution in [0.15, 0.2) is 42.5 Å². The van der Waals surface area contributed by atoms with Crippen LogP contribution in [-0.4, -0.2) is 0 Å². The molecule has 2 aromatic rings. The Hall–Kier alpha value is -1.56. The Morgan fingerprint density at radius 1 is 0.647 bits per heavy atom. The summed E-state index contributed by atoms with van der Waals surface area (Å²) in [6, 6.07) is 15.1. The SMILES string of the molecule is CC.Cc1cc(-c2ccccc2)cc(C)c1C. The van der Waals surface area contributed by atoms with Crippen molar-refractivity contribution in [3.8, 4) is 11.1 Å². The first kappa shape index (κ1) is 13.5. The van der Waals surface area contributed by atoms with Crippen LogP contribution in [0.4, 0.5) is 0 Å². The van der Waals surface area contributed by atoms with Gasteiger partial charge in [-0.2, -0.15) is 0 Å². The third-order valence-corrected chi connectivity index (χ3v) is 3.03. The van der Waals surface area contributed by atoms with Crippen molar-refractivity contribution in [2.45, 2.75) is 34.6 Å². The van der Waals surface area contributed by atoms with Gasteiger partial charge in [0.15, 0.2) is 0 Å². The van der Waals surface area contributed by atoms with Gasteiger partial charge in [0.05, 0.1) is 0 Å². The van der Waals surface area contributed by atoms with Crippen molar-refractivity contribution in [3.63, 3.8) is 0 Å². The minimum atomic E-state index is 1.30. The quantitative estimate of drug-likeness (QED) is 0.618. The summed E-state index contributed by atoms with van der Waals surface area (Å²) < 4.78 is 0. The van der Waals surface area contributed by atoms with E-state index in [0.717, 1.165) is 0 Å². The molecule has 0 saturated heterocycles. The van der Waals surface area contributed by atoms with Crippen LogP contribution in [0.25, 0.3) is 11.1 Å². The molecule has 0 aliphatic rings. The van der Waals surface area contributed by atoms with Gasteiger partial charge in [-0.05, 0) is 48.6 Å². The highest BCUT2D eigenvalue weighted by molar-refractivity contribution is 5.66. The zero-order valence-corrected chi connectivity index (χ0v) is 11.5. The molecule has 0 amide bonds. The van der Waals surface area contributed by atoms with E-state index < -0.39 is 0 Å². The Bertz CT molecular complexity index is 444. The second kappa shape index (κ2) is 6.24. The molecule has 2 rings (SSSR count). The second-order valence-corrected chi connectivity index (χ2v) is 4.10. The third kappa shape index (κ3) is 3.20. The molecule has 0 N–H and O–H groups in total. The summed E-state index contributed by atoms with van der Waals surface area (Å²) in [6.45, 7) is 10.5. The largest absolute Gasteiger partial charge is 0.0683 e. The molecule has 0 aromatic heterocycles. The molecule has 0 heterocycles. The van der Waals surface area contributed by atoms with Gasteiger partial charge < -0.3 is 0 Å². The van der Waals surface area contributed by atoms with E-state index in [2.05, 4.69) is 63.2 Å². The molecule has 0 fully saturated rings. The van der Waals surface area contributed by atoms with E-state index in [4.69, 9.17) is 0 Å². The standard InChI is InChI=1S/C15H16.C2H6/c1-11-9-15(10-12(2)13(11)3)14-7-5-4-6-8-14;1-2/h4-10H,1-3H3;1-2H3. The normalized spacial score (nSPS) is 9.47. The molecule has 17 heavy (non-hydrogen) atoms. The predicted octanol–water partition coefficient (Wildman–Crippen LogP) is 5.31. The maximum atomic E-state index is 2.26. The summed E-state index contributed by atoms with van der Waals surface area (Å²) in [5, 5.41) is 0. The minimum absolute atomic E-state index is 1.30. The van der Waals surface area contributed by atoms with Crippen molar-refractivity contribution in [1.82, 2.24) is 0 Å². The topological polar surface area (TPSA) is 0 Å². The van der Waals surface area contributed by atoms with Gasteiger partial charge in [-0.1, -0.05) is 56.3 Å². The third-order valence-electron chi connectivity index (χ3n) is 3.03. The zero-order chi connectivity index (χ0) is 12.8. The molecule has 0 nitrogen and oxygen atoms in total. The van der Waals surface area contributed by atoms with Gasteiger partial charge in [0.1, 0.15) is 0 Å². The number of aryl methyl sites for hydroxylation is 2. The van der Waals surface area contributed by atoms with Crippen LogP contribution in [0.1, 0.15) is 30.5 Å². The van der Waals surface area contributed by atoms with Crippen molar-refractivity contribution in [1.29, 1.82) is 0 Å². The van der Waals surface area contributed by atoms with Crippen LogP contribution in [-0.2, 0) is 0 Å². The van der Waals surface area contributed by atoms with E-state index in [0.29, 0.717) is 0 Å². The molecule has 0 radical (unpaired) electrons. The van der Waals surface area contributed by atoms with Crippen LogP contribution in [0.3, 0.4) is 0 Å². The van der Waals surface area contributed by atoms with Crippen molar-refractivity contribution in [3.05, 3.63) is 59.2 Å². The lowest BCUT2D eigenvalue weighted by molar-refractivity contribution is 1.27. The number of hydrogen-bond donors (Lipinski definition) is 0. The van der Waals surface area contributed by atoms with Gasteiger partial charge in [-0.25, -0.2) is 0 Å². The Kier molecular flexibility index (Phi) is 4.96. The van der Waals surface area contributed by atoms with E-state index >= 15 is 0 Å². The first-order valence-electron chi connectivity index (χ1n) is 6.32. The fourth-order valence-corrected chi connectivity index (χ4v) is 1.83. The van der Waals surface area contributed by atoms with Gasteiger partial charge in [0.2, 0.25) is 0 Å². The molecule has 0 spiro atoms. The van der Waals surface area contributed by atoms with Gasteiger partial charge >= 0.3 is 0 Å². The smallest absolute Gasteiger partial charge is 0.0179 e. The van der Waals surface area contributed by atoms with Crippen LogP contribution in [0.2, 0.25) is 0 Å². The lowest BCUT2D eigenvalue weighted by atomic mass is 9.97. The highest BCUT2D eigenvalue weighted by Crippen LogP contribution is 2.24. The Morgan fingerprint density at radius 3 is 1.59 bits per heavy atom. The molecule has 90 valence electrons. The lowest BCUT2D eigenvalue weighted by Crippen LogP contribution is -1.88. The molecular formula is C17H22. The summed E-state index contributed by atoms with van der Waals surface area (Å²) in [5.41, 5.74) is 6.75. The highest BCUT2D eigenvalue weighted by Gasteiger charge is 2.02. The van der Waals surface area contributed by atoms with Gasteiger partial charge in [0.25, 0.3) is 0 Å². The average Bonchev–Trinajstić information content (AvgIpc) is 2.39. The first-order chi connectivity index (χ1) is 8.18. The van der Waals surface area contributed by atoms with Crippen molar-refractivity contribution < 1.29 is 0 Å². The maximum absolute atomic E-state index is 2.26. The van der Waals surface area contributed by atoms with Crippen molar-refractivity contribution >= 4 is 0 Å². The predicted molar refractivity (Wildman–Crippen MR) is 77.4 cm³/mol. The summed E-state index contributed by atoms with van der Waals surface area (Å²) in [6.07, 6.45) is 0. The molecule has 0 unspecified atom stereocenters. The van der Waals surface area contributed by atoms with Gasteiger partial charge in [0, 0.05) is 0 Å². The summed E-state index contributed by atoms with van der Waals surface area (Å²) in [5.74, 6) is 0. The van der Waals surface area contributed by atoms with Crippen molar-refractivity contribution in [2.24, 2.45) is 0 Å². The molecule has 0 aliphatic heterocycles. The van der Waals surface area contributed by atoms with Crippen LogP contribution >= 0.6 is 0 Å². The first-order valence-corrected chi connectivity index (χ1v) is 6.32. The van der Waals surface area contributed by atoms with E-state index in [-0.39, 0.29) is 0 Å². The number of hydrogen-bond acceptors (Lipinski definition) is 0. The number of rotatable bonds is 1. The summed E-state index contributed by atoms with van der Waals surface area (Å²) in [4.78, 5) is 0. The Labute approximate surface area is 105 Å². The zero-order valence-electron chi connectivity index (χ0n) is 11.5. The van der Waals surface area contributed by atoms with E-state index in [1.165, 1.54) is 27.8 Å². The highest BCUT2D eigenvalue weighted by atomic mass is 14.1. The lowest BCUT2D eigenvalue weighted by Gasteiger charge is -2.09. The van der Waals surface area contributed by atoms with Crippen molar-refractivity contribution in [2.75, 3.05) is 0 Å². The molecule has 0 bridgehead atoms. The van der Waals surface area contributed by atoms with E-state index in [9.17, 15) is 0 Å². The molecular weight excluding hydrogens is 204 g/mol. The van der Waals surface area contributed by atoms with E-state index in [1.807, 2.05) is 13.8 Å². The van der Waals surface area contributed by atoms with Crippen LogP contribution in [0.5, 0.6) is 0 Å². The summed E-state index contributed by atoms with van der Waals surface area (Å²) in [7, 11) is 0. The fraction of sp³-hybridized carbons (Fsp3) is 0.294. The fourth-order valence-electron chi connectivity index (χ4n) is 1.83. The maximum Gasteiger partial charge on any atom is -0.0179 e. The average molecular weight is 226 g/mol. The molecule has 0 aliphatic carbocycles. The monoisotopic (exact) mass is 226 g/mol. The van der Waals surface area contributed by atoms with E-state index in [1.54, 1.807) is 0 Å². The minimum Gasteiger partial charge on any atom is -0.0683 e. The van der Waals surface area contributed by atoms with Gasteiger partial charge in [-0.15, -0.1) is 0 Å². The summed E-state index contributed by atoms with van der Waals surface area (Å²) >= 11 is 0. The van der Waals surface area contributed by atoms with Gasteiger partial charge in [-0.3, -0.25) is 0 Å². The molecule has 2 aromatic carbocycles. The molecule has 0 saturated carbocycles. The molecule has 0 heteroatoms. The Morgan fingerprint density at radius 2 is 1.12 bits per heavy atom. The second-order valence-electron chi connectivity index (χ2n) is 4.10. The Balaban J connectivity index is 0.000000686. The number of benzene rings is 2. The molecule has 0 atom stereocenters.